The van der Waals surface area contributed by atoms with Crippen molar-refractivity contribution in [1.29, 1.82) is 0 Å². The number of carbonyl (C=O) groups excluding carboxylic acids is 3. The molecular formula is C29H30F3N3O8. The van der Waals surface area contributed by atoms with Crippen LogP contribution in [0.3, 0.4) is 0 Å². The van der Waals surface area contributed by atoms with Gasteiger partial charge in [-0.2, -0.15) is 13.2 Å². The number of aromatic hydroxyl groups is 1. The van der Waals surface area contributed by atoms with Crippen LogP contribution in [0.15, 0.2) is 57.7 Å². The lowest BCUT2D eigenvalue weighted by atomic mass is 10.0. The Morgan fingerprint density at radius 3 is 2.19 bits per heavy atom. The van der Waals surface area contributed by atoms with E-state index in [1.54, 1.807) is 13.8 Å². The van der Waals surface area contributed by atoms with Crippen molar-refractivity contribution in [2.45, 2.75) is 57.8 Å². The number of carbonyl (C=O) groups is 4. The third kappa shape index (κ3) is 9.58. The van der Waals surface area contributed by atoms with Crippen LogP contribution < -0.4 is 21.6 Å². The summed E-state index contributed by atoms with van der Waals surface area (Å²) in [5, 5.41) is 25.6. The van der Waals surface area contributed by atoms with Gasteiger partial charge in [0.1, 0.15) is 23.4 Å². The number of hydrogen-bond donors (Lipinski definition) is 5. The number of rotatable bonds is 12. The SMILES string of the molecule is CC(C)C[C@H](NC(=O)CCC(=O)O)C(=O)N[C@@H](Cc1ccc(O)cc1)C(=O)Nc1ccc2c(C(F)(F)F)cc(=O)oc2c1. The number of amides is 3. The fraction of sp³-hybridized carbons (Fsp3) is 0.345. The Hall–Kier alpha value is -4.88. The van der Waals surface area contributed by atoms with Crippen LogP contribution in [0.4, 0.5) is 18.9 Å². The van der Waals surface area contributed by atoms with Gasteiger partial charge < -0.3 is 30.6 Å². The van der Waals surface area contributed by atoms with Gasteiger partial charge in [0.15, 0.2) is 0 Å². The van der Waals surface area contributed by atoms with Crippen LogP contribution in [-0.4, -0.2) is 46.0 Å². The van der Waals surface area contributed by atoms with Crippen LogP contribution in [0.1, 0.15) is 44.2 Å². The maximum atomic E-state index is 13.4. The highest BCUT2D eigenvalue weighted by atomic mass is 19.4. The Labute approximate surface area is 243 Å². The Morgan fingerprint density at radius 2 is 1.58 bits per heavy atom. The van der Waals surface area contributed by atoms with E-state index < -0.39 is 70.5 Å². The molecule has 0 spiro atoms. The van der Waals surface area contributed by atoms with Crippen molar-refractivity contribution in [3.63, 3.8) is 0 Å². The summed E-state index contributed by atoms with van der Waals surface area (Å²) in [5.41, 5.74) is -2.34. The number of alkyl halides is 3. The van der Waals surface area contributed by atoms with Crippen molar-refractivity contribution in [3.05, 3.63) is 70.1 Å². The molecule has 43 heavy (non-hydrogen) atoms. The largest absolute Gasteiger partial charge is 0.508 e. The van der Waals surface area contributed by atoms with Crippen LogP contribution in [0, 0.1) is 5.92 Å². The van der Waals surface area contributed by atoms with E-state index in [1.807, 2.05) is 0 Å². The summed E-state index contributed by atoms with van der Waals surface area (Å²) in [6.07, 6.45) is -5.54. The average Bonchev–Trinajstić information content (AvgIpc) is 2.90. The molecule has 2 atom stereocenters. The van der Waals surface area contributed by atoms with Crippen LogP contribution in [-0.2, 0) is 31.8 Å². The maximum Gasteiger partial charge on any atom is 0.417 e. The number of anilines is 1. The van der Waals surface area contributed by atoms with Gasteiger partial charge in [0, 0.05) is 36.0 Å². The molecule has 1 heterocycles. The molecule has 0 bridgehead atoms. The molecule has 1 aromatic heterocycles. The summed E-state index contributed by atoms with van der Waals surface area (Å²) in [5.74, 6) is -3.47. The van der Waals surface area contributed by atoms with Gasteiger partial charge in [0.2, 0.25) is 17.7 Å². The van der Waals surface area contributed by atoms with E-state index >= 15 is 0 Å². The number of carboxylic acids is 1. The number of carboxylic acid groups (broad SMARTS) is 1. The quantitative estimate of drug-likeness (QED) is 0.195. The summed E-state index contributed by atoms with van der Waals surface area (Å²) in [6.45, 7) is 3.60. The molecule has 11 nitrogen and oxygen atoms in total. The molecule has 2 aromatic carbocycles. The summed E-state index contributed by atoms with van der Waals surface area (Å²) in [4.78, 5) is 61.5. The topological polar surface area (TPSA) is 175 Å². The highest BCUT2D eigenvalue weighted by Gasteiger charge is 2.34. The van der Waals surface area contributed by atoms with Crippen molar-refractivity contribution in [2.24, 2.45) is 5.92 Å². The zero-order valence-corrected chi connectivity index (χ0v) is 23.2. The highest BCUT2D eigenvalue weighted by Crippen LogP contribution is 2.34. The van der Waals surface area contributed by atoms with E-state index in [1.165, 1.54) is 30.3 Å². The van der Waals surface area contributed by atoms with E-state index in [2.05, 4.69) is 16.0 Å². The number of phenolic OH excluding ortho intramolecular Hbond substituents is 1. The van der Waals surface area contributed by atoms with E-state index in [9.17, 15) is 42.3 Å². The molecule has 0 radical (unpaired) electrons. The van der Waals surface area contributed by atoms with Crippen molar-refractivity contribution in [2.75, 3.05) is 5.32 Å². The van der Waals surface area contributed by atoms with Gasteiger partial charge in [-0.3, -0.25) is 19.2 Å². The number of phenols is 1. The van der Waals surface area contributed by atoms with Gasteiger partial charge in [0.05, 0.1) is 12.0 Å². The molecule has 3 amide bonds. The maximum absolute atomic E-state index is 13.4. The Balaban J connectivity index is 1.88. The average molecular weight is 606 g/mol. The minimum absolute atomic E-state index is 0.0226. The molecule has 0 aliphatic heterocycles. The number of hydrogen-bond acceptors (Lipinski definition) is 7. The predicted octanol–water partition coefficient (Wildman–Crippen LogP) is 3.58. The fourth-order valence-corrected chi connectivity index (χ4v) is 4.24. The number of halogens is 3. The summed E-state index contributed by atoms with van der Waals surface area (Å²) in [6, 6.07) is 7.01. The summed E-state index contributed by atoms with van der Waals surface area (Å²) < 4.78 is 45.1. The lowest BCUT2D eigenvalue weighted by Gasteiger charge is -2.24. The van der Waals surface area contributed by atoms with Crippen molar-refractivity contribution in [3.8, 4) is 5.75 Å². The smallest absolute Gasteiger partial charge is 0.417 e. The minimum atomic E-state index is -4.83. The first-order chi connectivity index (χ1) is 20.1. The van der Waals surface area contributed by atoms with Gasteiger partial charge in [-0.05, 0) is 42.2 Å². The second-order valence-electron chi connectivity index (χ2n) is 10.3. The Morgan fingerprint density at radius 1 is 0.907 bits per heavy atom. The molecule has 5 N–H and O–H groups in total. The minimum Gasteiger partial charge on any atom is -0.508 e. The van der Waals surface area contributed by atoms with Crippen molar-refractivity contribution >= 4 is 40.3 Å². The first-order valence-electron chi connectivity index (χ1n) is 13.2. The normalized spacial score (nSPS) is 12.9. The predicted molar refractivity (Wildman–Crippen MR) is 148 cm³/mol. The third-order valence-corrected chi connectivity index (χ3v) is 6.25. The zero-order chi connectivity index (χ0) is 31.9. The molecule has 3 aromatic rings. The molecular weight excluding hydrogens is 575 g/mol. The van der Waals surface area contributed by atoms with E-state index in [0.717, 1.165) is 12.1 Å². The first kappa shape index (κ1) is 32.6. The number of fused-ring (bicyclic) bond motifs is 1. The number of aliphatic carboxylic acids is 1. The number of benzene rings is 2. The second-order valence-corrected chi connectivity index (χ2v) is 10.3. The van der Waals surface area contributed by atoms with Crippen LogP contribution in [0.5, 0.6) is 5.75 Å². The summed E-state index contributed by atoms with van der Waals surface area (Å²) >= 11 is 0. The van der Waals surface area contributed by atoms with Gasteiger partial charge in [-0.15, -0.1) is 0 Å². The highest BCUT2D eigenvalue weighted by molar-refractivity contribution is 6.00. The van der Waals surface area contributed by atoms with E-state index in [0.29, 0.717) is 11.6 Å². The Kier molecular flexibility index (Phi) is 10.5. The van der Waals surface area contributed by atoms with Gasteiger partial charge >= 0.3 is 17.8 Å². The monoisotopic (exact) mass is 605 g/mol. The Bertz CT molecular complexity index is 1550. The third-order valence-electron chi connectivity index (χ3n) is 6.25. The second kappa shape index (κ2) is 13.9. The van der Waals surface area contributed by atoms with Crippen molar-refractivity contribution in [1.82, 2.24) is 10.6 Å². The van der Waals surface area contributed by atoms with Gasteiger partial charge in [0.25, 0.3) is 0 Å². The summed E-state index contributed by atoms with van der Waals surface area (Å²) in [7, 11) is 0. The molecule has 0 unspecified atom stereocenters. The molecule has 3 rings (SSSR count). The lowest BCUT2D eigenvalue weighted by Crippen LogP contribution is -2.53. The molecule has 0 saturated heterocycles. The van der Waals surface area contributed by atoms with Crippen LogP contribution in [0.25, 0.3) is 11.0 Å². The van der Waals surface area contributed by atoms with Crippen molar-refractivity contribution < 1.29 is 47.0 Å². The molecule has 230 valence electrons. The van der Waals surface area contributed by atoms with E-state index in [4.69, 9.17) is 9.52 Å². The van der Waals surface area contributed by atoms with Gasteiger partial charge in [-0.25, -0.2) is 4.79 Å². The van der Waals surface area contributed by atoms with Crippen LogP contribution in [0.2, 0.25) is 0 Å². The molecule has 0 fully saturated rings. The molecule has 14 heteroatoms. The van der Waals surface area contributed by atoms with Crippen LogP contribution >= 0.6 is 0 Å². The molecule has 0 aliphatic rings. The molecule has 0 aliphatic carbocycles. The molecule has 0 saturated carbocycles. The number of nitrogens with one attached hydrogen (secondary N) is 3. The van der Waals surface area contributed by atoms with E-state index in [-0.39, 0.29) is 36.6 Å². The van der Waals surface area contributed by atoms with Gasteiger partial charge in [-0.1, -0.05) is 26.0 Å². The first-order valence-corrected chi connectivity index (χ1v) is 13.2. The standard InChI is InChI=1S/C29H30F3N3O8/c1-15(2)11-21(34-24(37)9-10-25(38)39)28(42)35-22(12-16-3-6-18(36)7-4-16)27(41)33-17-5-8-19-20(29(30,31)32)14-26(40)43-23(19)13-17/h3-8,13-15,21-22,36H,9-12H2,1-2H3,(H,33,41)(H,34,37)(H,35,42)(H,38,39)/t21-,22-/m0/s1. The zero-order valence-electron chi connectivity index (χ0n) is 23.2. The lowest BCUT2D eigenvalue weighted by molar-refractivity contribution is -0.139. The fourth-order valence-electron chi connectivity index (χ4n) is 4.24.